The summed E-state index contributed by atoms with van der Waals surface area (Å²) in [5.41, 5.74) is 64.2. The maximum absolute atomic E-state index is 14.9. The van der Waals surface area contributed by atoms with Crippen LogP contribution in [0.5, 0.6) is 0 Å². The van der Waals surface area contributed by atoms with Crippen molar-refractivity contribution in [1.82, 2.24) is 42.5 Å². The van der Waals surface area contributed by atoms with Crippen molar-refractivity contribution in [3.63, 3.8) is 0 Å². The van der Waals surface area contributed by atoms with Gasteiger partial charge in [-0.25, -0.2) is 0 Å². The molecule has 2 heterocycles. The van der Waals surface area contributed by atoms with Gasteiger partial charge in [-0.1, -0.05) is 41.5 Å². The summed E-state index contributed by atoms with van der Waals surface area (Å²) in [5, 5.41) is 20.1. The van der Waals surface area contributed by atoms with E-state index >= 15 is 0 Å². The van der Waals surface area contributed by atoms with Gasteiger partial charge in [0.15, 0.2) is 0 Å². The average molecular weight is 1470 g/mol. The summed E-state index contributed by atoms with van der Waals surface area (Å²) in [4.78, 5) is 259. The van der Waals surface area contributed by atoms with Crippen LogP contribution in [0.2, 0.25) is 0 Å². The molecule has 0 spiro atoms. The highest BCUT2D eigenvalue weighted by Gasteiger charge is 2.43. The van der Waals surface area contributed by atoms with Gasteiger partial charge in [-0.05, 0) is 116 Å². The lowest BCUT2D eigenvalue weighted by Crippen LogP contribution is -2.49. The fraction of sp³-hybridized carbons (Fsp3) is 0.712. The van der Waals surface area contributed by atoms with Crippen LogP contribution in [-0.4, -0.2) is 139 Å². The number of rotatable bonds is 22. The SMILES string of the molecule is CCC1CC(C(N)=O)C(C(N)=O)CCC(C(N)=O)CC(CC(C)C(N)=O)C(=O)NCNC(=O)C(CC)C(C(N)=O)CC2CC(C(N)=O)CCC(C(=O)NCNC1=O)C(C)C(=O)NCNC(=O)C(CC)C(C(N)=O)CCC(C(N)=O)CC(CC(C(N)=O)C(CCC(C)C(N)=O)C(N)=O)C(=O)NCNC2=O. The Labute approximate surface area is 603 Å². The van der Waals surface area contributed by atoms with Gasteiger partial charge in [0.2, 0.25) is 112 Å². The van der Waals surface area contributed by atoms with Gasteiger partial charge in [0.05, 0.1) is 44.4 Å². The quantitative estimate of drug-likeness (QED) is 0.0480. The monoisotopic (exact) mass is 1470 g/mol. The lowest BCUT2D eigenvalue weighted by Gasteiger charge is -2.30. The van der Waals surface area contributed by atoms with Crippen LogP contribution in [0.25, 0.3) is 0 Å². The van der Waals surface area contributed by atoms with Gasteiger partial charge in [-0.3, -0.25) is 91.1 Å². The van der Waals surface area contributed by atoms with E-state index in [2.05, 4.69) is 42.5 Å². The number of carbonyl (C=O) groups is 19. The van der Waals surface area contributed by atoms with Crippen molar-refractivity contribution in [2.45, 2.75) is 157 Å². The molecule has 584 valence electrons. The lowest BCUT2D eigenvalue weighted by molar-refractivity contribution is -0.137. The zero-order valence-corrected chi connectivity index (χ0v) is 60.1. The van der Waals surface area contributed by atoms with Crippen molar-refractivity contribution in [3.8, 4) is 0 Å². The number of nitrogens with one attached hydrogen (secondary N) is 8. The van der Waals surface area contributed by atoms with E-state index < -0.39 is 303 Å². The van der Waals surface area contributed by atoms with E-state index in [9.17, 15) is 91.1 Å². The van der Waals surface area contributed by atoms with Crippen LogP contribution < -0.4 is 106 Å². The minimum atomic E-state index is -1.62. The molecule has 2 rings (SSSR count). The van der Waals surface area contributed by atoms with Crippen molar-refractivity contribution in [2.75, 3.05) is 26.7 Å². The normalized spacial score (nSPS) is 28.6. The van der Waals surface area contributed by atoms with Gasteiger partial charge in [0, 0.05) is 94.7 Å². The highest BCUT2D eigenvalue weighted by Crippen LogP contribution is 2.36. The number of primary amides is 11. The molecule has 0 aromatic carbocycles. The van der Waals surface area contributed by atoms with Crippen LogP contribution in [0.15, 0.2) is 0 Å². The smallest absolute Gasteiger partial charge is 0.225 e. The summed E-state index contributed by atoms with van der Waals surface area (Å²) in [5.74, 6) is -44.3. The Morgan fingerprint density at radius 2 is 0.712 bits per heavy atom. The first-order valence-electron chi connectivity index (χ1n) is 35.1. The second-order valence-corrected chi connectivity index (χ2v) is 27.6. The minimum absolute atomic E-state index is 0.00546. The number of amides is 19. The number of carbonyl (C=O) groups excluding carboxylic acids is 19. The Hall–Kier alpha value is -10.1. The van der Waals surface area contributed by atoms with Gasteiger partial charge >= 0.3 is 0 Å². The van der Waals surface area contributed by atoms with Gasteiger partial charge in [-0.2, -0.15) is 0 Å². The van der Waals surface area contributed by atoms with Crippen molar-refractivity contribution >= 4 is 112 Å². The summed E-state index contributed by atoms with van der Waals surface area (Å²) >= 11 is 0. The Morgan fingerprint density at radius 3 is 1.12 bits per heavy atom. The molecule has 2 aliphatic rings. The third-order valence-corrected chi connectivity index (χ3v) is 20.6. The van der Waals surface area contributed by atoms with Gasteiger partial charge in [0.1, 0.15) is 0 Å². The van der Waals surface area contributed by atoms with E-state index in [4.69, 9.17) is 63.1 Å². The molecule has 0 aromatic rings. The predicted molar refractivity (Wildman–Crippen MR) is 369 cm³/mol. The summed E-state index contributed by atoms with van der Waals surface area (Å²) in [6, 6.07) is 0. The van der Waals surface area contributed by atoms with Crippen LogP contribution in [0.4, 0.5) is 0 Å². The predicted octanol–water partition coefficient (Wildman–Crippen LogP) is -6.04. The molecule has 0 radical (unpaired) electrons. The van der Waals surface area contributed by atoms with E-state index in [-0.39, 0.29) is 64.2 Å². The fourth-order valence-electron chi connectivity index (χ4n) is 13.9. The van der Waals surface area contributed by atoms with Crippen molar-refractivity contribution in [1.29, 1.82) is 0 Å². The second-order valence-electron chi connectivity index (χ2n) is 27.6. The number of fused-ring (bicyclic) bond motifs is 5. The van der Waals surface area contributed by atoms with Crippen LogP contribution in [0.1, 0.15) is 157 Å². The highest BCUT2D eigenvalue weighted by atomic mass is 16.2. The molecule has 2 bridgehead atoms. The summed E-state index contributed by atoms with van der Waals surface area (Å²) in [6.45, 7) is 5.93. The van der Waals surface area contributed by atoms with Crippen LogP contribution >= 0.6 is 0 Å². The molecule has 104 heavy (non-hydrogen) atoms. The molecule has 38 heteroatoms. The largest absolute Gasteiger partial charge is 0.369 e. The Bertz CT molecular complexity index is 3140. The molecule has 2 fully saturated rings. The molecule has 2 saturated heterocycles. The number of nitrogens with two attached hydrogens (primary N) is 11. The zero-order chi connectivity index (χ0) is 79.2. The summed E-state index contributed by atoms with van der Waals surface area (Å²) < 4.78 is 0. The highest BCUT2D eigenvalue weighted by molar-refractivity contribution is 5.93. The molecule has 30 N–H and O–H groups in total. The molecule has 38 nitrogen and oxygen atoms in total. The van der Waals surface area contributed by atoms with Crippen molar-refractivity contribution < 1.29 is 91.1 Å². The molecule has 0 aromatic heterocycles. The third-order valence-electron chi connectivity index (χ3n) is 20.6. The molecular formula is C66H111N19O19. The first kappa shape index (κ1) is 90.0. The molecule has 2 aliphatic heterocycles. The second kappa shape index (κ2) is 43.8. The first-order chi connectivity index (χ1) is 48.6. The molecule has 19 amide bonds. The van der Waals surface area contributed by atoms with Gasteiger partial charge < -0.3 is 106 Å². The van der Waals surface area contributed by atoms with Crippen LogP contribution in [-0.2, 0) is 91.1 Å². The van der Waals surface area contributed by atoms with E-state index in [1.54, 1.807) is 6.92 Å². The van der Waals surface area contributed by atoms with Crippen LogP contribution in [0, 0.1) is 112 Å². The van der Waals surface area contributed by atoms with Gasteiger partial charge in [0.25, 0.3) is 0 Å². The maximum Gasteiger partial charge on any atom is 0.225 e. The fourth-order valence-corrected chi connectivity index (χ4v) is 13.9. The standard InChI is InChI=1S/C66H111N19O19/c1-7-32-22-46(57(76)95)44(55(74)93)17-13-34(51(70)89)19-36(18-30(5)49(68)87)61(99)82-28-84-65(103)40(9-3)45(56(75)94)23-37-20-33(50(69)88)11-15-41(66(104)85-27-79-60(32)98)31(6)59(97)78-25-83-64(102)39(8-2)42(53(72)91)16-12-35(52(71)90)21-38(63(101)81-26-80-62(37)100)24-47(58(77)96)43(54(73)92)14-10-29(4)48(67)86/h29-47H,7-28H2,1-6H3,(H2,67,86)(H2,68,87)(H2,69,88)(H2,70,89)(H2,71,90)(H2,72,91)(H2,73,92)(H2,74,93)(H2,75,94)(H2,76,95)(H2,77,96)(H,78,97)(H,79,98)(H,80,100)(H,81,101)(H,82,99)(H,83,102)(H,84,103)(H,85,104). The lowest BCUT2D eigenvalue weighted by atomic mass is 9.76. The Kier molecular flexibility index (Phi) is 37.9. The number of hydrogen-bond acceptors (Lipinski definition) is 19. The van der Waals surface area contributed by atoms with E-state index in [0.29, 0.717) is 0 Å². The van der Waals surface area contributed by atoms with E-state index in [1.807, 2.05) is 0 Å². The van der Waals surface area contributed by atoms with Crippen molar-refractivity contribution in [3.05, 3.63) is 0 Å². The summed E-state index contributed by atoms with van der Waals surface area (Å²) in [6.07, 6.45) is -6.24. The Morgan fingerprint density at radius 1 is 0.337 bits per heavy atom. The first-order valence-corrected chi connectivity index (χ1v) is 35.1. The van der Waals surface area contributed by atoms with E-state index in [1.165, 1.54) is 34.6 Å². The zero-order valence-electron chi connectivity index (χ0n) is 60.1. The Balaban J connectivity index is 3.09. The summed E-state index contributed by atoms with van der Waals surface area (Å²) in [7, 11) is 0. The molecule has 0 aliphatic carbocycles. The van der Waals surface area contributed by atoms with Crippen molar-refractivity contribution in [2.24, 2.45) is 176 Å². The molecule has 19 unspecified atom stereocenters. The average Bonchev–Trinajstić information content (AvgIpc) is 0.847. The van der Waals surface area contributed by atoms with Gasteiger partial charge in [-0.15, -0.1) is 0 Å². The maximum atomic E-state index is 14.9. The third kappa shape index (κ3) is 28.3. The molecule has 19 atom stereocenters. The van der Waals surface area contributed by atoms with Crippen LogP contribution in [0.3, 0.4) is 0 Å². The molecular weight excluding hydrogens is 1360 g/mol. The number of hydrogen-bond donors (Lipinski definition) is 19. The minimum Gasteiger partial charge on any atom is -0.369 e. The van der Waals surface area contributed by atoms with E-state index in [0.717, 1.165) is 0 Å². The molecule has 0 saturated carbocycles. The topological polar surface area (TPSA) is 707 Å².